The fourth-order valence-corrected chi connectivity index (χ4v) is 1.57. The summed E-state index contributed by atoms with van der Waals surface area (Å²) >= 11 is 11.4. The predicted molar refractivity (Wildman–Crippen MR) is 61.6 cm³/mol. The molecule has 0 fully saturated rings. The highest BCUT2D eigenvalue weighted by molar-refractivity contribution is 6.30. The molecule has 0 aromatic heterocycles. The summed E-state index contributed by atoms with van der Waals surface area (Å²) in [5.74, 6) is 1.60. The Morgan fingerprint density at radius 1 is 1.29 bits per heavy atom. The molecule has 0 aliphatic carbocycles. The molecule has 0 N–H and O–H groups in total. The molecule has 0 saturated carbocycles. The molecule has 0 amide bonds. The molecule has 0 aliphatic heterocycles. The van der Waals surface area contributed by atoms with Gasteiger partial charge in [0, 0.05) is 10.9 Å². The first kappa shape index (κ1) is 11.7. The zero-order valence-electron chi connectivity index (χ0n) is 8.22. The van der Waals surface area contributed by atoms with E-state index in [0.29, 0.717) is 5.88 Å². The smallest absolute Gasteiger partial charge is 0.122 e. The summed E-state index contributed by atoms with van der Waals surface area (Å²) in [6.45, 7) is 2.71. The molecule has 0 spiro atoms. The fraction of sp³-hybridized carbons (Fsp3) is 0.455. The maximum absolute atomic E-state index is 5.83. The van der Waals surface area contributed by atoms with Gasteiger partial charge in [0.05, 0.1) is 6.61 Å². The van der Waals surface area contributed by atoms with E-state index >= 15 is 0 Å². The monoisotopic (exact) mass is 232 g/mol. The molecule has 1 rings (SSSR count). The summed E-state index contributed by atoms with van der Waals surface area (Å²) in [6, 6.07) is 5.64. The standard InChI is InChI=1S/C11H14Cl2O/c1-9-8-10(13)4-5-11(9)14-7-3-2-6-12/h4-5,8H,2-3,6-7H2,1H3. The van der Waals surface area contributed by atoms with E-state index in [1.54, 1.807) is 0 Å². The van der Waals surface area contributed by atoms with Gasteiger partial charge in [-0.3, -0.25) is 0 Å². The molecule has 0 heterocycles. The third-order valence-corrected chi connectivity index (χ3v) is 2.42. The van der Waals surface area contributed by atoms with Crippen LogP contribution in [-0.2, 0) is 0 Å². The van der Waals surface area contributed by atoms with Crippen molar-refractivity contribution in [2.24, 2.45) is 0 Å². The zero-order chi connectivity index (χ0) is 10.4. The van der Waals surface area contributed by atoms with Crippen LogP contribution in [0.4, 0.5) is 0 Å². The number of hydrogen-bond donors (Lipinski definition) is 0. The minimum Gasteiger partial charge on any atom is -0.493 e. The van der Waals surface area contributed by atoms with Gasteiger partial charge in [-0.1, -0.05) is 11.6 Å². The molecule has 3 heteroatoms. The lowest BCUT2D eigenvalue weighted by Gasteiger charge is -2.08. The maximum Gasteiger partial charge on any atom is 0.122 e. The third kappa shape index (κ3) is 3.77. The molecule has 0 bridgehead atoms. The normalized spacial score (nSPS) is 10.2. The second-order valence-corrected chi connectivity index (χ2v) is 3.97. The second-order valence-electron chi connectivity index (χ2n) is 3.15. The number of alkyl halides is 1. The van der Waals surface area contributed by atoms with Crippen LogP contribution in [0.3, 0.4) is 0 Å². The van der Waals surface area contributed by atoms with Crippen LogP contribution in [0.25, 0.3) is 0 Å². The minimum absolute atomic E-state index is 0.697. The van der Waals surface area contributed by atoms with E-state index in [-0.39, 0.29) is 0 Å². The molecular formula is C11H14Cl2O. The van der Waals surface area contributed by atoms with Crippen LogP contribution in [-0.4, -0.2) is 12.5 Å². The first-order valence-electron chi connectivity index (χ1n) is 4.69. The molecular weight excluding hydrogens is 219 g/mol. The number of ether oxygens (including phenoxy) is 1. The Morgan fingerprint density at radius 2 is 2.07 bits per heavy atom. The topological polar surface area (TPSA) is 9.23 Å². The van der Waals surface area contributed by atoms with Crippen molar-refractivity contribution >= 4 is 23.2 Å². The highest BCUT2D eigenvalue weighted by Crippen LogP contribution is 2.21. The highest BCUT2D eigenvalue weighted by atomic mass is 35.5. The van der Waals surface area contributed by atoms with Crippen molar-refractivity contribution in [2.75, 3.05) is 12.5 Å². The molecule has 0 atom stereocenters. The third-order valence-electron chi connectivity index (χ3n) is 1.92. The first-order chi connectivity index (χ1) is 6.74. The van der Waals surface area contributed by atoms with Gasteiger partial charge in [-0.15, -0.1) is 11.6 Å². The zero-order valence-corrected chi connectivity index (χ0v) is 9.74. The Hall–Kier alpha value is -0.400. The fourth-order valence-electron chi connectivity index (χ4n) is 1.15. The average molecular weight is 233 g/mol. The molecule has 0 saturated heterocycles. The van der Waals surface area contributed by atoms with Crippen LogP contribution < -0.4 is 4.74 Å². The number of hydrogen-bond acceptors (Lipinski definition) is 1. The van der Waals surface area contributed by atoms with Crippen molar-refractivity contribution < 1.29 is 4.74 Å². The lowest BCUT2D eigenvalue weighted by molar-refractivity contribution is 0.307. The Morgan fingerprint density at radius 3 is 2.71 bits per heavy atom. The SMILES string of the molecule is Cc1cc(Cl)ccc1OCCCCCl. The van der Waals surface area contributed by atoms with Crippen molar-refractivity contribution in [3.8, 4) is 5.75 Å². The summed E-state index contributed by atoms with van der Waals surface area (Å²) in [5.41, 5.74) is 1.07. The summed E-state index contributed by atoms with van der Waals surface area (Å²) in [5, 5.41) is 0.746. The van der Waals surface area contributed by atoms with Crippen LogP contribution in [0.5, 0.6) is 5.75 Å². The Balaban J connectivity index is 2.42. The van der Waals surface area contributed by atoms with Crippen molar-refractivity contribution in [1.82, 2.24) is 0 Å². The van der Waals surface area contributed by atoms with Crippen LogP contribution in [0.15, 0.2) is 18.2 Å². The van der Waals surface area contributed by atoms with E-state index in [0.717, 1.165) is 35.8 Å². The van der Waals surface area contributed by atoms with Gasteiger partial charge in [0.1, 0.15) is 5.75 Å². The Kier molecular flexibility index (Phi) is 5.13. The predicted octanol–water partition coefficient (Wildman–Crippen LogP) is 4.05. The molecule has 1 aromatic rings. The molecule has 78 valence electrons. The van der Waals surface area contributed by atoms with E-state index < -0.39 is 0 Å². The lowest BCUT2D eigenvalue weighted by Crippen LogP contribution is -1.98. The van der Waals surface area contributed by atoms with E-state index in [9.17, 15) is 0 Å². The van der Waals surface area contributed by atoms with E-state index in [2.05, 4.69) is 0 Å². The van der Waals surface area contributed by atoms with Crippen LogP contribution in [0, 0.1) is 6.92 Å². The second kappa shape index (κ2) is 6.15. The summed E-state index contributed by atoms with van der Waals surface area (Å²) in [4.78, 5) is 0. The molecule has 1 aromatic carbocycles. The van der Waals surface area contributed by atoms with Gasteiger partial charge in [-0.2, -0.15) is 0 Å². The van der Waals surface area contributed by atoms with Crippen molar-refractivity contribution in [2.45, 2.75) is 19.8 Å². The number of aryl methyl sites for hydroxylation is 1. The summed E-state index contributed by atoms with van der Waals surface area (Å²) in [6.07, 6.45) is 1.99. The Labute approximate surface area is 95.0 Å². The molecule has 1 nitrogen and oxygen atoms in total. The average Bonchev–Trinajstić information content (AvgIpc) is 2.15. The highest BCUT2D eigenvalue weighted by Gasteiger charge is 1.99. The van der Waals surface area contributed by atoms with E-state index in [1.807, 2.05) is 25.1 Å². The van der Waals surface area contributed by atoms with Gasteiger partial charge in [0.15, 0.2) is 0 Å². The summed E-state index contributed by atoms with van der Waals surface area (Å²) in [7, 11) is 0. The number of rotatable bonds is 5. The van der Waals surface area contributed by atoms with Gasteiger partial charge in [0.2, 0.25) is 0 Å². The van der Waals surface area contributed by atoms with E-state index in [1.165, 1.54) is 0 Å². The van der Waals surface area contributed by atoms with Crippen molar-refractivity contribution in [3.05, 3.63) is 28.8 Å². The van der Waals surface area contributed by atoms with Crippen LogP contribution in [0.1, 0.15) is 18.4 Å². The molecule has 0 aliphatic rings. The minimum atomic E-state index is 0.697. The molecule has 0 unspecified atom stereocenters. The number of benzene rings is 1. The Bertz CT molecular complexity index is 287. The van der Waals surface area contributed by atoms with Gasteiger partial charge in [0.25, 0.3) is 0 Å². The molecule has 14 heavy (non-hydrogen) atoms. The maximum atomic E-state index is 5.83. The number of halogens is 2. The van der Waals surface area contributed by atoms with Gasteiger partial charge >= 0.3 is 0 Å². The van der Waals surface area contributed by atoms with Gasteiger partial charge in [-0.05, 0) is 43.5 Å². The first-order valence-corrected chi connectivity index (χ1v) is 5.60. The quantitative estimate of drug-likeness (QED) is 0.550. The van der Waals surface area contributed by atoms with E-state index in [4.69, 9.17) is 27.9 Å². The number of unbranched alkanes of at least 4 members (excludes halogenated alkanes) is 1. The summed E-state index contributed by atoms with van der Waals surface area (Å²) < 4.78 is 5.58. The lowest BCUT2D eigenvalue weighted by atomic mass is 10.2. The van der Waals surface area contributed by atoms with Crippen LogP contribution >= 0.6 is 23.2 Å². The van der Waals surface area contributed by atoms with Crippen molar-refractivity contribution in [3.63, 3.8) is 0 Å². The largest absolute Gasteiger partial charge is 0.493 e. The van der Waals surface area contributed by atoms with Gasteiger partial charge in [-0.25, -0.2) is 0 Å². The van der Waals surface area contributed by atoms with Crippen LogP contribution in [0.2, 0.25) is 5.02 Å². The van der Waals surface area contributed by atoms with Crippen molar-refractivity contribution in [1.29, 1.82) is 0 Å². The van der Waals surface area contributed by atoms with Gasteiger partial charge < -0.3 is 4.74 Å². The molecule has 0 radical (unpaired) electrons.